The number of H-pyrrole nitrogens is 1. The van der Waals surface area contributed by atoms with Gasteiger partial charge < -0.3 is 14.4 Å². The van der Waals surface area contributed by atoms with E-state index >= 15 is 0 Å². The van der Waals surface area contributed by atoms with Crippen molar-refractivity contribution in [3.63, 3.8) is 0 Å². The standard InChI is InChI=1S/C21H18F2N4O2/c1-12-3-6-17-13(9-12)10-18(24-17)20-25-19(26-29-20)7-8-27(2)21(28)15-5-4-14(22)11-16(15)23/h3-6,9-11,24H,7-8H2,1-2H3. The number of aromatic nitrogens is 3. The Hall–Kier alpha value is -3.55. The predicted octanol–water partition coefficient (Wildman–Crippen LogP) is 4.12. The van der Waals surface area contributed by atoms with Gasteiger partial charge in [0.25, 0.3) is 11.8 Å². The Bertz CT molecular complexity index is 1200. The van der Waals surface area contributed by atoms with Crippen molar-refractivity contribution in [3.05, 3.63) is 71.1 Å². The number of aryl methyl sites for hydroxylation is 1. The molecule has 0 atom stereocenters. The van der Waals surface area contributed by atoms with Gasteiger partial charge in [-0.3, -0.25) is 4.79 Å². The fourth-order valence-electron chi connectivity index (χ4n) is 3.07. The molecule has 2 heterocycles. The van der Waals surface area contributed by atoms with Gasteiger partial charge in [-0.25, -0.2) is 8.78 Å². The molecule has 6 nitrogen and oxygen atoms in total. The molecule has 0 saturated heterocycles. The molecule has 0 unspecified atom stereocenters. The number of amides is 1. The summed E-state index contributed by atoms with van der Waals surface area (Å²) in [4.78, 5) is 21.3. The van der Waals surface area contributed by atoms with Crippen molar-refractivity contribution in [1.82, 2.24) is 20.0 Å². The van der Waals surface area contributed by atoms with Crippen LogP contribution in [0.4, 0.5) is 8.78 Å². The fourth-order valence-corrected chi connectivity index (χ4v) is 3.07. The number of carbonyl (C=O) groups is 1. The first-order valence-electron chi connectivity index (χ1n) is 9.03. The number of benzene rings is 2. The molecule has 4 aromatic rings. The predicted molar refractivity (Wildman–Crippen MR) is 103 cm³/mol. The van der Waals surface area contributed by atoms with E-state index < -0.39 is 17.5 Å². The van der Waals surface area contributed by atoms with Crippen LogP contribution in [0.2, 0.25) is 0 Å². The molecule has 0 radical (unpaired) electrons. The van der Waals surface area contributed by atoms with Crippen LogP contribution in [0.1, 0.15) is 21.7 Å². The Labute approximate surface area is 165 Å². The van der Waals surface area contributed by atoms with Crippen LogP contribution in [-0.4, -0.2) is 39.5 Å². The minimum Gasteiger partial charge on any atom is -0.351 e. The number of nitrogens with zero attached hydrogens (tertiary/aromatic N) is 3. The van der Waals surface area contributed by atoms with Gasteiger partial charge in [0.1, 0.15) is 17.3 Å². The summed E-state index contributed by atoms with van der Waals surface area (Å²) in [6.45, 7) is 2.27. The third-order valence-electron chi connectivity index (χ3n) is 4.65. The lowest BCUT2D eigenvalue weighted by molar-refractivity contribution is 0.0791. The zero-order chi connectivity index (χ0) is 20.5. The second kappa shape index (κ2) is 7.46. The van der Waals surface area contributed by atoms with Gasteiger partial charge in [-0.2, -0.15) is 4.98 Å². The Morgan fingerprint density at radius 3 is 2.79 bits per heavy atom. The van der Waals surface area contributed by atoms with Gasteiger partial charge in [-0.15, -0.1) is 0 Å². The van der Waals surface area contributed by atoms with Gasteiger partial charge in [-0.1, -0.05) is 16.8 Å². The number of carbonyl (C=O) groups excluding carboxylic acids is 1. The number of aromatic amines is 1. The average molecular weight is 396 g/mol. The largest absolute Gasteiger partial charge is 0.351 e. The average Bonchev–Trinajstić information content (AvgIpc) is 3.32. The normalized spacial score (nSPS) is 11.2. The zero-order valence-corrected chi connectivity index (χ0v) is 15.9. The highest BCUT2D eigenvalue weighted by Gasteiger charge is 2.18. The maximum atomic E-state index is 13.8. The number of fused-ring (bicyclic) bond motifs is 1. The number of halogens is 2. The molecule has 148 valence electrons. The Morgan fingerprint density at radius 2 is 2.00 bits per heavy atom. The molecular formula is C21H18F2N4O2. The number of hydrogen-bond acceptors (Lipinski definition) is 4. The van der Waals surface area contributed by atoms with E-state index in [1.54, 1.807) is 0 Å². The summed E-state index contributed by atoms with van der Waals surface area (Å²) in [7, 11) is 1.53. The maximum absolute atomic E-state index is 13.8. The van der Waals surface area contributed by atoms with Crippen LogP contribution in [0.15, 0.2) is 47.0 Å². The topological polar surface area (TPSA) is 75.0 Å². The van der Waals surface area contributed by atoms with E-state index in [4.69, 9.17) is 4.52 Å². The first kappa shape index (κ1) is 18.8. The smallest absolute Gasteiger partial charge is 0.274 e. The van der Waals surface area contributed by atoms with Crippen molar-refractivity contribution in [2.24, 2.45) is 0 Å². The molecule has 8 heteroatoms. The van der Waals surface area contributed by atoms with Gasteiger partial charge in [0.2, 0.25) is 0 Å². The minimum absolute atomic E-state index is 0.184. The number of rotatable bonds is 5. The second-order valence-corrected chi connectivity index (χ2v) is 6.89. The molecule has 0 aliphatic rings. The van der Waals surface area contributed by atoms with Gasteiger partial charge in [0.15, 0.2) is 5.82 Å². The molecule has 2 aromatic carbocycles. The number of nitrogens with one attached hydrogen (secondary N) is 1. The number of hydrogen-bond donors (Lipinski definition) is 1. The molecule has 29 heavy (non-hydrogen) atoms. The Morgan fingerprint density at radius 1 is 1.17 bits per heavy atom. The van der Waals surface area contributed by atoms with Crippen molar-refractivity contribution in [3.8, 4) is 11.6 Å². The minimum atomic E-state index is -0.891. The van der Waals surface area contributed by atoms with Crippen LogP contribution in [0.3, 0.4) is 0 Å². The summed E-state index contributed by atoms with van der Waals surface area (Å²) in [5.74, 6) is -1.38. The van der Waals surface area contributed by atoms with Crippen molar-refractivity contribution in [1.29, 1.82) is 0 Å². The maximum Gasteiger partial charge on any atom is 0.274 e. The summed E-state index contributed by atoms with van der Waals surface area (Å²) in [5, 5.41) is 4.99. The first-order valence-corrected chi connectivity index (χ1v) is 9.03. The molecule has 1 N–H and O–H groups in total. The monoisotopic (exact) mass is 396 g/mol. The zero-order valence-electron chi connectivity index (χ0n) is 15.9. The SMILES string of the molecule is Cc1ccc2[nH]c(-c3nc(CCN(C)C(=O)c4ccc(F)cc4F)no3)cc2c1. The molecule has 0 saturated carbocycles. The van der Waals surface area contributed by atoms with Gasteiger partial charge in [-0.05, 0) is 37.3 Å². The Balaban J connectivity index is 1.44. The molecule has 0 spiro atoms. The molecule has 0 fully saturated rings. The van der Waals surface area contributed by atoms with E-state index in [9.17, 15) is 13.6 Å². The van der Waals surface area contributed by atoms with E-state index in [2.05, 4.69) is 21.2 Å². The van der Waals surface area contributed by atoms with E-state index in [0.717, 1.165) is 28.6 Å². The van der Waals surface area contributed by atoms with E-state index in [-0.39, 0.29) is 12.1 Å². The van der Waals surface area contributed by atoms with Crippen LogP contribution >= 0.6 is 0 Å². The van der Waals surface area contributed by atoms with Gasteiger partial charge in [0, 0.05) is 37.0 Å². The highest BCUT2D eigenvalue weighted by Crippen LogP contribution is 2.23. The lowest BCUT2D eigenvalue weighted by Crippen LogP contribution is -2.29. The van der Waals surface area contributed by atoms with Crippen LogP contribution in [0.5, 0.6) is 0 Å². The molecule has 2 aromatic heterocycles. The molecule has 1 amide bonds. The molecule has 0 aliphatic heterocycles. The van der Waals surface area contributed by atoms with E-state index in [1.807, 2.05) is 25.1 Å². The number of likely N-dealkylation sites (N-methyl/N-ethyl adjacent to an activating group) is 1. The fraction of sp³-hybridized carbons (Fsp3) is 0.190. The molecule has 0 bridgehead atoms. The lowest BCUT2D eigenvalue weighted by atomic mass is 10.2. The summed E-state index contributed by atoms with van der Waals surface area (Å²) >= 11 is 0. The summed E-state index contributed by atoms with van der Waals surface area (Å²) in [6, 6.07) is 10.9. The summed E-state index contributed by atoms with van der Waals surface area (Å²) in [5.41, 5.74) is 2.65. The van der Waals surface area contributed by atoms with Crippen molar-refractivity contribution < 1.29 is 18.1 Å². The van der Waals surface area contributed by atoms with Gasteiger partial charge >= 0.3 is 0 Å². The Kier molecular flexibility index (Phi) is 4.84. The summed E-state index contributed by atoms with van der Waals surface area (Å²) in [6.07, 6.45) is 0.327. The van der Waals surface area contributed by atoms with Gasteiger partial charge in [0.05, 0.1) is 5.56 Å². The van der Waals surface area contributed by atoms with Crippen molar-refractivity contribution in [2.45, 2.75) is 13.3 Å². The van der Waals surface area contributed by atoms with Crippen LogP contribution in [-0.2, 0) is 6.42 Å². The van der Waals surface area contributed by atoms with Crippen molar-refractivity contribution in [2.75, 3.05) is 13.6 Å². The highest BCUT2D eigenvalue weighted by atomic mass is 19.1. The van der Waals surface area contributed by atoms with E-state index in [1.165, 1.54) is 11.9 Å². The van der Waals surface area contributed by atoms with Crippen molar-refractivity contribution >= 4 is 16.8 Å². The highest BCUT2D eigenvalue weighted by molar-refractivity contribution is 5.94. The van der Waals surface area contributed by atoms with E-state index in [0.29, 0.717) is 29.9 Å². The lowest BCUT2D eigenvalue weighted by Gasteiger charge is -2.16. The quantitative estimate of drug-likeness (QED) is 0.551. The van der Waals surface area contributed by atoms with Crippen LogP contribution in [0, 0.1) is 18.6 Å². The molecule has 0 aliphatic carbocycles. The third-order valence-corrected chi connectivity index (χ3v) is 4.65. The summed E-state index contributed by atoms with van der Waals surface area (Å²) < 4.78 is 32.1. The second-order valence-electron chi connectivity index (χ2n) is 6.89. The molecule has 4 rings (SSSR count). The molecular weight excluding hydrogens is 378 g/mol. The van der Waals surface area contributed by atoms with Crippen LogP contribution < -0.4 is 0 Å². The first-order chi connectivity index (χ1) is 13.9. The van der Waals surface area contributed by atoms with Crippen LogP contribution in [0.25, 0.3) is 22.5 Å². The third kappa shape index (κ3) is 3.87.